The first-order valence-electron chi connectivity index (χ1n) is 9.01. The van der Waals surface area contributed by atoms with Crippen molar-refractivity contribution in [1.82, 2.24) is 4.90 Å². The van der Waals surface area contributed by atoms with Gasteiger partial charge in [0.25, 0.3) is 11.8 Å². The van der Waals surface area contributed by atoms with Gasteiger partial charge in [0, 0.05) is 25.4 Å². The number of carbonyl (C=O) groups excluding carboxylic acids is 2. The number of hydrogen-bond acceptors (Lipinski definition) is 6. The van der Waals surface area contributed by atoms with Crippen LogP contribution in [0.2, 0.25) is 0 Å². The average Bonchev–Trinajstić information content (AvgIpc) is 2.95. The number of rotatable bonds is 7. The van der Waals surface area contributed by atoms with E-state index in [-0.39, 0.29) is 11.5 Å². The fourth-order valence-electron chi connectivity index (χ4n) is 3.38. The van der Waals surface area contributed by atoms with Gasteiger partial charge in [-0.3, -0.25) is 14.5 Å². The van der Waals surface area contributed by atoms with Crippen LogP contribution in [0, 0.1) is 0 Å². The first-order valence-corrected chi connectivity index (χ1v) is 9.01. The molecule has 28 heavy (non-hydrogen) atoms. The summed E-state index contributed by atoms with van der Waals surface area (Å²) in [6.07, 6.45) is 2.06. The number of carbonyl (C=O) groups is 2. The molecule has 0 aromatic heterocycles. The van der Waals surface area contributed by atoms with Crippen LogP contribution in [-0.2, 0) is 0 Å². The molecule has 1 heterocycles. The predicted molar refractivity (Wildman–Crippen MR) is 107 cm³/mol. The molecular weight excluding hydrogens is 358 g/mol. The molecule has 2 aromatic rings. The van der Waals surface area contributed by atoms with Gasteiger partial charge in [-0.15, -0.1) is 0 Å². The Balaban J connectivity index is 2.07. The molecule has 2 N–H and O–H groups in total. The molecule has 0 radical (unpaired) electrons. The fraction of sp³-hybridized carbons (Fsp3) is 0.286. The van der Waals surface area contributed by atoms with Crippen molar-refractivity contribution in [2.45, 2.75) is 19.4 Å². The number of anilines is 1. The monoisotopic (exact) mass is 381 g/mol. The molecule has 1 atom stereocenters. The SMILES string of the molecule is CCOc1cc(C(CC=NC)N2C(=O)c3cccc(N)c3C2=O)ccc1OC. The van der Waals surface area contributed by atoms with Gasteiger partial charge in [-0.2, -0.15) is 0 Å². The highest BCUT2D eigenvalue weighted by atomic mass is 16.5. The van der Waals surface area contributed by atoms with Gasteiger partial charge in [-0.1, -0.05) is 12.1 Å². The third-order valence-corrected chi connectivity index (χ3v) is 4.67. The Labute approximate surface area is 163 Å². The lowest BCUT2D eigenvalue weighted by Gasteiger charge is -2.26. The number of hydrogen-bond donors (Lipinski definition) is 1. The number of amides is 2. The molecule has 0 saturated carbocycles. The molecule has 0 fully saturated rings. The Morgan fingerprint density at radius 2 is 1.96 bits per heavy atom. The van der Waals surface area contributed by atoms with E-state index in [1.807, 2.05) is 13.0 Å². The zero-order chi connectivity index (χ0) is 20.3. The van der Waals surface area contributed by atoms with Crippen molar-refractivity contribution in [1.29, 1.82) is 0 Å². The summed E-state index contributed by atoms with van der Waals surface area (Å²) >= 11 is 0. The van der Waals surface area contributed by atoms with Crippen LogP contribution in [0.15, 0.2) is 41.4 Å². The standard InChI is InChI=1S/C21H23N3O4/c1-4-28-18-12-13(8-9-17(18)27-3)16(10-11-23-2)24-20(25)14-6-5-7-15(22)19(14)21(24)26/h5-9,11-12,16H,4,10,22H2,1-3H3. The second-order valence-electron chi connectivity index (χ2n) is 6.29. The Bertz CT molecular complexity index is 939. The smallest absolute Gasteiger partial charge is 0.264 e. The van der Waals surface area contributed by atoms with Crippen molar-refractivity contribution in [2.75, 3.05) is 26.5 Å². The van der Waals surface area contributed by atoms with Crippen LogP contribution in [0.1, 0.15) is 45.7 Å². The van der Waals surface area contributed by atoms with Crippen molar-refractivity contribution in [2.24, 2.45) is 4.99 Å². The van der Waals surface area contributed by atoms with Crippen LogP contribution in [0.5, 0.6) is 11.5 Å². The number of nitrogens with two attached hydrogens (primary N) is 1. The van der Waals surface area contributed by atoms with Gasteiger partial charge < -0.3 is 20.2 Å². The van der Waals surface area contributed by atoms with E-state index in [0.29, 0.717) is 35.8 Å². The van der Waals surface area contributed by atoms with Crippen LogP contribution >= 0.6 is 0 Å². The summed E-state index contributed by atoms with van der Waals surface area (Å²) in [5.41, 5.74) is 7.58. The zero-order valence-electron chi connectivity index (χ0n) is 16.1. The van der Waals surface area contributed by atoms with Gasteiger partial charge in [-0.25, -0.2) is 0 Å². The number of imide groups is 1. The zero-order valence-corrected chi connectivity index (χ0v) is 16.1. The number of ether oxygens (including phenoxy) is 2. The molecule has 2 aromatic carbocycles. The summed E-state index contributed by atoms with van der Waals surface area (Å²) in [7, 11) is 3.21. The van der Waals surface area contributed by atoms with Crippen LogP contribution < -0.4 is 15.2 Å². The van der Waals surface area contributed by atoms with E-state index >= 15 is 0 Å². The van der Waals surface area contributed by atoms with Crippen LogP contribution in [-0.4, -0.2) is 43.7 Å². The average molecular weight is 381 g/mol. The maximum absolute atomic E-state index is 13.1. The highest BCUT2D eigenvalue weighted by Gasteiger charge is 2.41. The van der Waals surface area contributed by atoms with E-state index in [1.54, 1.807) is 50.7 Å². The third-order valence-electron chi connectivity index (χ3n) is 4.67. The summed E-state index contributed by atoms with van der Waals surface area (Å²) in [5, 5.41) is 0. The van der Waals surface area contributed by atoms with Gasteiger partial charge in [0.2, 0.25) is 0 Å². The summed E-state index contributed by atoms with van der Waals surface area (Å²) < 4.78 is 11.0. The molecule has 0 aliphatic carbocycles. The first kappa shape index (κ1) is 19.4. The Hall–Kier alpha value is -3.35. The normalized spacial score (nSPS) is 14.5. The van der Waals surface area contributed by atoms with Crippen molar-refractivity contribution in [3.63, 3.8) is 0 Å². The van der Waals surface area contributed by atoms with Crippen LogP contribution in [0.3, 0.4) is 0 Å². The molecule has 2 amide bonds. The van der Waals surface area contributed by atoms with E-state index in [2.05, 4.69) is 4.99 Å². The van der Waals surface area contributed by atoms with Crippen LogP contribution in [0.25, 0.3) is 0 Å². The first-order chi connectivity index (χ1) is 13.5. The molecule has 0 bridgehead atoms. The minimum absolute atomic E-state index is 0.254. The van der Waals surface area contributed by atoms with E-state index in [0.717, 1.165) is 5.56 Å². The fourth-order valence-corrected chi connectivity index (χ4v) is 3.38. The van der Waals surface area contributed by atoms with Crippen molar-refractivity contribution < 1.29 is 19.1 Å². The molecule has 1 aliphatic rings. The molecule has 146 valence electrons. The highest BCUT2D eigenvalue weighted by molar-refractivity contribution is 6.23. The molecule has 3 rings (SSSR count). The minimum Gasteiger partial charge on any atom is -0.493 e. The number of benzene rings is 2. The van der Waals surface area contributed by atoms with E-state index < -0.39 is 11.9 Å². The largest absolute Gasteiger partial charge is 0.493 e. The summed E-state index contributed by atoms with van der Waals surface area (Å²) in [5.74, 6) is 0.370. The second-order valence-corrected chi connectivity index (χ2v) is 6.29. The Morgan fingerprint density at radius 1 is 1.18 bits per heavy atom. The van der Waals surface area contributed by atoms with Crippen molar-refractivity contribution in [3.8, 4) is 11.5 Å². The lowest BCUT2D eigenvalue weighted by atomic mass is 10.0. The molecule has 7 heteroatoms. The molecule has 7 nitrogen and oxygen atoms in total. The van der Waals surface area contributed by atoms with Gasteiger partial charge in [0.05, 0.1) is 30.9 Å². The summed E-state index contributed by atoms with van der Waals surface area (Å²) in [6, 6.07) is 9.76. The number of aliphatic imine (C=N–C) groups is 1. The van der Waals surface area contributed by atoms with E-state index in [9.17, 15) is 9.59 Å². The highest BCUT2D eigenvalue weighted by Crippen LogP contribution is 2.38. The Kier molecular flexibility index (Phi) is 5.63. The molecule has 0 spiro atoms. The molecular formula is C21H23N3O4. The topological polar surface area (TPSA) is 94.2 Å². The van der Waals surface area contributed by atoms with E-state index in [1.165, 1.54) is 4.90 Å². The number of nitrogens with zero attached hydrogens (tertiary/aromatic N) is 2. The lowest BCUT2D eigenvalue weighted by Crippen LogP contribution is -2.34. The maximum atomic E-state index is 13.1. The lowest BCUT2D eigenvalue weighted by molar-refractivity contribution is 0.0587. The van der Waals surface area contributed by atoms with Crippen molar-refractivity contribution in [3.05, 3.63) is 53.1 Å². The van der Waals surface area contributed by atoms with Gasteiger partial charge in [-0.05, 0) is 36.8 Å². The van der Waals surface area contributed by atoms with Crippen LogP contribution in [0.4, 0.5) is 5.69 Å². The number of methoxy groups -OCH3 is 1. The number of fused-ring (bicyclic) bond motifs is 1. The van der Waals surface area contributed by atoms with Gasteiger partial charge >= 0.3 is 0 Å². The molecule has 0 saturated heterocycles. The minimum atomic E-state index is -0.541. The molecule has 1 unspecified atom stereocenters. The van der Waals surface area contributed by atoms with Crippen molar-refractivity contribution >= 4 is 23.7 Å². The quantitative estimate of drug-likeness (QED) is 0.452. The molecule has 1 aliphatic heterocycles. The summed E-state index contributed by atoms with van der Waals surface area (Å²) in [6.45, 7) is 2.34. The maximum Gasteiger partial charge on any atom is 0.264 e. The van der Waals surface area contributed by atoms with Gasteiger partial charge in [0.1, 0.15) is 0 Å². The van der Waals surface area contributed by atoms with Gasteiger partial charge in [0.15, 0.2) is 11.5 Å². The number of nitrogen functional groups attached to an aromatic ring is 1. The van der Waals surface area contributed by atoms with E-state index in [4.69, 9.17) is 15.2 Å². The Morgan fingerprint density at radius 3 is 2.61 bits per heavy atom. The second kappa shape index (κ2) is 8.12. The summed E-state index contributed by atoms with van der Waals surface area (Å²) in [4.78, 5) is 31.4. The predicted octanol–water partition coefficient (Wildman–Crippen LogP) is 3.10. The third kappa shape index (κ3) is 3.31.